The van der Waals surface area contributed by atoms with Crippen LogP contribution in [0.3, 0.4) is 0 Å². The average Bonchev–Trinajstić information content (AvgIpc) is 2.06. The minimum Gasteiger partial charge on any atom is -0.379 e. The van der Waals surface area contributed by atoms with E-state index in [1.54, 1.807) is 0 Å². The van der Waals surface area contributed by atoms with Crippen LogP contribution in [0.5, 0.6) is 0 Å². The molecule has 0 saturated heterocycles. The summed E-state index contributed by atoms with van der Waals surface area (Å²) in [7, 11) is 0. The maximum atomic E-state index is 13.0. The van der Waals surface area contributed by atoms with E-state index < -0.39 is 0 Å². The first-order valence-electron chi connectivity index (χ1n) is 3.50. The Hall–Kier alpha value is -0.740. The third kappa shape index (κ3) is 3.24. The molecule has 1 aromatic carbocycles. The maximum absolute atomic E-state index is 13.0. The molecule has 0 aliphatic carbocycles. The Morgan fingerprint density at radius 3 is 2.92 bits per heavy atom. The van der Waals surface area contributed by atoms with Crippen molar-refractivity contribution in [3.63, 3.8) is 0 Å². The van der Waals surface area contributed by atoms with Gasteiger partial charge in [0.25, 0.3) is 0 Å². The predicted molar refractivity (Wildman–Crippen MR) is 54.6 cm³/mol. The molecule has 0 aliphatic rings. The summed E-state index contributed by atoms with van der Waals surface area (Å²) < 4.78 is 13.0. The van der Waals surface area contributed by atoms with Gasteiger partial charge in [-0.1, -0.05) is 23.4 Å². The minimum atomic E-state index is -0.321. The van der Waals surface area contributed by atoms with Gasteiger partial charge in [0, 0.05) is 10.8 Å². The molecule has 2 nitrogen and oxygen atoms in total. The molecule has 13 heavy (non-hydrogen) atoms. The van der Waals surface area contributed by atoms with Crippen molar-refractivity contribution >= 4 is 28.5 Å². The second kappa shape index (κ2) is 4.48. The van der Waals surface area contributed by atoms with Crippen LogP contribution in [-0.2, 0) is 5.75 Å². The number of rotatable bonds is 2. The lowest BCUT2D eigenvalue weighted by Gasteiger charge is -2.01. The van der Waals surface area contributed by atoms with Gasteiger partial charge in [-0.2, -0.15) is 0 Å². The first-order chi connectivity index (χ1) is 6.09. The largest absolute Gasteiger partial charge is 0.379 e. The number of thioether (sulfide) groups is 1. The molecule has 0 unspecified atom stereocenters. The average molecular weight is 219 g/mol. The number of nitrogens with one attached hydrogen (secondary N) is 1. The fourth-order valence-electron chi connectivity index (χ4n) is 0.809. The highest BCUT2D eigenvalue weighted by atomic mass is 35.5. The van der Waals surface area contributed by atoms with Crippen LogP contribution in [-0.4, -0.2) is 5.17 Å². The lowest BCUT2D eigenvalue weighted by Crippen LogP contribution is -2.04. The number of halogens is 2. The van der Waals surface area contributed by atoms with Crippen molar-refractivity contribution in [1.82, 2.24) is 0 Å². The minimum absolute atomic E-state index is 0.0284. The fraction of sp³-hybridized carbons (Fsp3) is 0.125. The molecule has 0 bridgehead atoms. The van der Waals surface area contributed by atoms with Gasteiger partial charge >= 0.3 is 0 Å². The van der Waals surface area contributed by atoms with Crippen LogP contribution in [0.1, 0.15) is 5.56 Å². The molecule has 0 fully saturated rings. The summed E-state index contributed by atoms with van der Waals surface area (Å²) in [6.07, 6.45) is 0. The number of hydrogen-bond acceptors (Lipinski definition) is 2. The standard InChI is InChI=1S/C8H8ClFN2S/c9-6-1-2-7(10)5(3-6)4-13-8(11)12/h1-3H,4H2,(H3,11,12). The Morgan fingerprint density at radius 2 is 2.31 bits per heavy atom. The van der Waals surface area contributed by atoms with Crippen LogP contribution < -0.4 is 5.73 Å². The number of benzene rings is 1. The van der Waals surface area contributed by atoms with E-state index in [-0.39, 0.29) is 11.0 Å². The van der Waals surface area contributed by atoms with Gasteiger partial charge in [-0.05, 0) is 23.8 Å². The van der Waals surface area contributed by atoms with E-state index in [1.807, 2.05) is 0 Å². The molecule has 5 heteroatoms. The fourth-order valence-corrected chi connectivity index (χ4v) is 1.54. The molecule has 0 amide bonds. The van der Waals surface area contributed by atoms with Crippen molar-refractivity contribution in [1.29, 1.82) is 5.41 Å². The summed E-state index contributed by atoms with van der Waals surface area (Å²) in [5.74, 6) is 0.0139. The third-order valence-electron chi connectivity index (χ3n) is 1.39. The summed E-state index contributed by atoms with van der Waals surface area (Å²) in [5.41, 5.74) is 5.58. The number of hydrogen-bond donors (Lipinski definition) is 2. The Kier molecular flexibility index (Phi) is 3.57. The molecule has 0 aromatic heterocycles. The van der Waals surface area contributed by atoms with Crippen molar-refractivity contribution < 1.29 is 4.39 Å². The molecule has 0 radical (unpaired) electrons. The van der Waals surface area contributed by atoms with Gasteiger partial charge in [0.15, 0.2) is 5.17 Å². The van der Waals surface area contributed by atoms with E-state index in [0.717, 1.165) is 11.8 Å². The molecular weight excluding hydrogens is 211 g/mol. The molecule has 0 aliphatic heterocycles. The van der Waals surface area contributed by atoms with Crippen LogP contribution in [0.4, 0.5) is 4.39 Å². The molecule has 70 valence electrons. The van der Waals surface area contributed by atoms with E-state index >= 15 is 0 Å². The molecule has 0 spiro atoms. The molecule has 0 saturated carbocycles. The van der Waals surface area contributed by atoms with Gasteiger partial charge in [-0.25, -0.2) is 4.39 Å². The topological polar surface area (TPSA) is 49.9 Å². The first kappa shape index (κ1) is 10.3. The zero-order valence-corrected chi connectivity index (χ0v) is 8.25. The van der Waals surface area contributed by atoms with Crippen molar-refractivity contribution in [2.75, 3.05) is 0 Å². The van der Waals surface area contributed by atoms with Crippen LogP contribution >= 0.6 is 23.4 Å². The third-order valence-corrected chi connectivity index (χ3v) is 2.39. The zero-order chi connectivity index (χ0) is 9.84. The van der Waals surface area contributed by atoms with Crippen LogP contribution in [0.2, 0.25) is 5.02 Å². The van der Waals surface area contributed by atoms with Gasteiger partial charge in [-0.15, -0.1) is 0 Å². The summed E-state index contributed by atoms with van der Waals surface area (Å²) in [6.45, 7) is 0. The maximum Gasteiger partial charge on any atom is 0.151 e. The first-order valence-corrected chi connectivity index (χ1v) is 4.86. The summed E-state index contributed by atoms with van der Waals surface area (Å²) in [5, 5.41) is 7.41. The van der Waals surface area contributed by atoms with Crippen LogP contribution in [0.25, 0.3) is 0 Å². The van der Waals surface area contributed by atoms with Crippen molar-refractivity contribution in [2.24, 2.45) is 5.73 Å². The molecule has 0 atom stereocenters. The van der Waals surface area contributed by atoms with Gasteiger partial charge in [0.05, 0.1) is 0 Å². The highest BCUT2D eigenvalue weighted by molar-refractivity contribution is 8.13. The Balaban J connectivity index is 2.75. The van der Waals surface area contributed by atoms with E-state index in [4.69, 9.17) is 22.7 Å². The molecular formula is C8H8ClFN2S. The molecule has 0 heterocycles. The second-order valence-electron chi connectivity index (χ2n) is 2.39. The highest BCUT2D eigenvalue weighted by Gasteiger charge is 2.03. The van der Waals surface area contributed by atoms with Crippen LogP contribution in [0, 0.1) is 11.2 Å². The zero-order valence-electron chi connectivity index (χ0n) is 6.68. The van der Waals surface area contributed by atoms with E-state index in [2.05, 4.69) is 0 Å². The molecule has 1 aromatic rings. The van der Waals surface area contributed by atoms with Gasteiger partial charge < -0.3 is 5.73 Å². The van der Waals surface area contributed by atoms with E-state index in [0.29, 0.717) is 16.3 Å². The van der Waals surface area contributed by atoms with Crippen molar-refractivity contribution in [3.8, 4) is 0 Å². The lowest BCUT2D eigenvalue weighted by molar-refractivity contribution is 0.617. The summed E-state index contributed by atoms with van der Waals surface area (Å²) in [4.78, 5) is 0. The summed E-state index contributed by atoms with van der Waals surface area (Å²) >= 11 is 6.74. The quantitative estimate of drug-likeness (QED) is 0.592. The Morgan fingerprint density at radius 1 is 1.62 bits per heavy atom. The van der Waals surface area contributed by atoms with Crippen molar-refractivity contribution in [2.45, 2.75) is 5.75 Å². The number of amidine groups is 1. The molecule has 1 rings (SSSR count). The van der Waals surface area contributed by atoms with Gasteiger partial charge in [-0.3, -0.25) is 5.41 Å². The second-order valence-corrected chi connectivity index (χ2v) is 3.84. The number of nitrogens with two attached hydrogens (primary N) is 1. The smallest absolute Gasteiger partial charge is 0.151 e. The normalized spacial score (nSPS) is 10.0. The highest BCUT2D eigenvalue weighted by Crippen LogP contribution is 2.19. The molecule has 3 N–H and O–H groups in total. The monoisotopic (exact) mass is 218 g/mol. The van der Waals surface area contributed by atoms with Crippen molar-refractivity contribution in [3.05, 3.63) is 34.6 Å². The van der Waals surface area contributed by atoms with E-state index in [1.165, 1.54) is 18.2 Å². The van der Waals surface area contributed by atoms with Crippen LogP contribution in [0.15, 0.2) is 18.2 Å². The SMILES string of the molecule is N=C(N)SCc1cc(Cl)ccc1F. The van der Waals surface area contributed by atoms with Gasteiger partial charge in [0.2, 0.25) is 0 Å². The van der Waals surface area contributed by atoms with E-state index in [9.17, 15) is 4.39 Å². The Bertz CT molecular complexity index is 330. The Labute approximate surface area is 84.8 Å². The summed E-state index contributed by atoms with van der Waals surface area (Å²) in [6, 6.07) is 4.32. The lowest BCUT2D eigenvalue weighted by atomic mass is 10.2. The predicted octanol–water partition coefficient (Wildman–Crippen LogP) is 2.61. The van der Waals surface area contributed by atoms with Gasteiger partial charge in [0.1, 0.15) is 5.82 Å².